The van der Waals surface area contributed by atoms with Crippen LogP contribution in [0, 0.1) is 5.82 Å². The average molecular weight is 540 g/mol. The lowest BCUT2D eigenvalue weighted by Gasteiger charge is -2.53. The summed E-state index contributed by atoms with van der Waals surface area (Å²) in [6.45, 7) is 10.8. The van der Waals surface area contributed by atoms with Gasteiger partial charge in [-0.05, 0) is 56.7 Å². The number of nitrogens with zero attached hydrogens (tertiary/aromatic N) is 3. The van der Waals surface area contributed by atoms with Crippen LogP contribution in [-0.2, 0) is 17.7 Å². The molecule has 3 aromatic heterocycles. The molecule has 9 heteroatoms. The number of ether oxygens (including phenoxy) is 3. The maximum absolute atomic E-state index is 14.8. The zero-order chi connectivity index (χ0) is 27.9. The Morgan fingerprint density at radius 2 is 1.85 bits per heavy atom. The van der Waals surface area contributed by atoms with E-state index in [2.05, 4.69) is 20.6 Å². The number of aryl methyl sites for hydroxylation is 1. The van der Waals surface area contributed by atoms with Crippen molar-refractivity contribution >= 4 is 16.9 Å². The molecule has 2 N–H and O–H groups in total. The highest BCUT2D eigenvalue weighted by atomic mass is 19.1. The fourth-order valence-electron chi connectivity index (χ4n) is 5.53. The van der Waals surface area contributed by atoms with E-state index in [1.54, 1.807) is 13.2 Å². The van der Waals surface area contributed by atoms with Crippen LogP contribution in [0.15, 0.2) is 30.5 Å². The van der Waals surface area contributed by atoms with Crippen LogP contribution in [0.1, 0.15) is 71.1 Å². The van der Waals surface area contributed by atoms with E-state index in [1.165, 1.54) is 6.20 Å². The van der Waals surface area contributed by atoms with Crippen molar-refractivity contribution in [3.63, 3.8) is 0 Å². The van der Waals surface area contributed by atoms with Gasteiger partial charge in [-0.15, -0.1) is 0 Å². The molecule has 1 saturated carbocycles. The Balaban J connectivity index is 0.000000845. The van der Waals surface area contributed by atoms with E-state index in [4.69, 9.17) is 19.2 Å². The lowest BCUT2D eigenvalue weighted by molar-refractivity contribution is -0.165. The molecule has 1 aliphatic carbocycles. The largest absolute Gasteiger partial charge is 0.488 e. The van der Waals surface area contributed by atoms with E-state index >= 15 is 0 Å². The van der Waals surface area contributed by atoms with Gasteiger partial charge in [0.1, 0.15) is 12.4 Å². The van der Waals surface area contributed by atoms with E-state index in [9.17, 15) is 4.39 Å². The van der Waals surface area contributed by atoms with E-state index < -0.39 is 0 Å². The maximum Gasteiger partial charge on any atom is 0.213 e. The number of hydrogen-bond donors (Lipinski definition) is 2. The minimum atomic E-state index is -0.324. The molecule has 39 heavy (non-hydrogen) atoms. The number of anilines is 1. The van der Waals surface area contributed by atoms with Crippen LogP contribution in [0.25, 0.3) is 11.0 Å². The third-order valence-electron chi connectivity index (χ3n) is 7.76. The zero-order valence-electron chi connectivity index (χ0n) is 23.9. The number of fused-ring (bicyclic) bond motifs is 5. The molecule has 2 saturated heterocycles. The molecule has 0 aromatic carbocycles. The maximum atomic E-state index is 14.8. The van der Waals surface area contributed by atoms with Gasteiger partial charge < -0.3 is 24.8 Å². The quantitative estimate of drug-likeness (QED) is 0.387. The number of pyridine rings is 3. The Hall–Kier alpha value is -3.04. The lowest BCUT2D eigenvalue weighted by atomic mass is 9.69. The number of nitrogens with one attached hydrogen (secondary N) is 2. The van der Waals surface area contributed by atoms with Crippen molar-refractivity contribution in [3.8, 4) is 11.6 Å². The van der Waals surface area contributed by atoms with E-state index in [1.807, 2.05) is 45.9 Å². The first-order valence-electron chi connectivity index (χ1n) is 14.3. The SMILES string of the molecule is CC.CC.COc1ccc2ncc(F)c(CCC34CCC(NCc5ccc6c(n5)NCCO6)(CC3)CO4)c2n1. The van der Waals surface area contributed by atoms with Gasteiger partial charge in [-0.3, -0.25) is 4.98 Å². The molecule has 3 fully saturated rings. The molecule has 0 radical (unpaired) electrons. The molecule has 3 aromatic rings. The molecule has 0 atom stereocenters. The summed E-state index contributed by atoms with van der Waals surface area (Å²) in [5.41, 5.74) is 2.57. The molecule has 2 bridgehead atoms. The first-order valence-corrected chi connectivity index (χ1v) is 14.3. The molecule has 0 spiro atoms. The van der Waals surface area contributed by atoms with Crippen LogP contribution in [0.3, 0.4) is 0 Å². The Bertz CT molecular complexity index is 1230. The number of hydrogen-bond acceptors (Lipinski definition) is 8. The van der Waals surface area contributed by atoms with Crippen molar-refractivity contribution < 1.29 is 18.6 Å². The second kappa shape index (κ2) is 12.9. The highest BCUT2D eigenvalue weighted by molar-refractivity contribution is 5.78. The summed E-state index contributed by atoms with van der Waals surface area (Å²) in [5.74, 6) is 1.77. The second-order valence-electron chi connectivity index (χ2n) is 9.84. The van der Waals surface area contributed by atoms with Crippen molar-refractivity contribution in [1.82, 2.24) is 20.3 Å². The summed E-state index contributed by atoms with van der Waals surface area (Å²) in [6, 6.07) is 7.57. The van der Waals surface area contributed by atoms with Gasteiger partial charge in [0.15, 0.2) is 11.6 Å². The van der Waals surface area contributed by atoms with Crippen molar-refractivity contribution in [3.05, 3.63) is 47.5 Å². The number of rotatable bonds is 7. The van der Waals surface area contributed by atoms with Crippen LogP contribution in [0.4, 0.5) is 10.2 Å². The Morgan fingerprint density at radius 3 is 2.56 bits per heavy atom. The van der Waals surface area contributed by atoms with Gasteiger partial charge in [0, 0.05) is 23.7 Å². The van der Waals surface area contributed by atoms with Gasteiger partial charge in [-0.2, -0.15) is 0 Å². The molecule has 4 aliphatic rings. The van der Waals surface area contributed by atoms with Crippen LogP contribution in [0.5, 0.6) is 11.6 Å². The highest BCUT2D eigenvalue weighted by Gasteiger charge is 2.49. The van der Waals surface area contributed by atoms with Crippen molar-refractivity contribution in [1.29, 1.82) is 0 Å². The molecule has 0 unspecified atom stereocenters. The number of halogens is 1. The fourth-order valence-corrected chi connectivity index (χ4v) is 5.53. The van der Waals surface area contributed by atoms with Gasteiger partial charge in [0.25, 0.3) is 0 Å². The van der Waals surface area contributed by atoms with Gasteiger partial charge in [-0.25, -0.2) is 14.4 Å². The van der Waals surface area contributed by atoms with Crippen LogP contribution < -0.4 is 20.1 Å². The Morgan fingerprint density at radius 1 is 1.05 bits per heavy atom. The predicted octanol–water partition coefficient (Wildman–Crippen LogP) is 5.83. The van der Waals surface area contributed by atoms with Crippen LogP contribution in [0.2, 0.25) is 0 Å². The summed E-state index contributed by atoms with van der Waals surface area (Å²) in [5, 5.41) is 7.03. The monoisotopic (exact) mass is 539 g/mol. The molecular weight excluding hydrogens is 497 g/mol. The third-order valence-corrected chi connectivity index (χ3v) is 7.76. The van der Waals surface area contributed by atoms with Gasteiger partial charge in [-0.1, -0.05) is 27.7 Å². The minimum Gasteiger partial charge on any atom is -0.488 e. The molecule has 0 amide bonds. The second-order valence-corrected chi connectivity index (χ2v) is 9.84. The summed E-state index contributed by atoms with van der Waals surface area (Å²) in [7, 11) is 1.56. The van der Waals surface area contributed by atoms with E-state index in [0.29, 0.717) is 48.7 Å². The molecule has 212 valence electrons. The van der Waals surface area contributed by atoms with E-state index in [0.717, 1.165) is 55.9 Å². The van der Waals surface area contributed by atoms with E-state index in [-0.39, 0.29) is 17.0 Å². The van der Waals surface area contributed by atoms with Gasteiger partial charge in [0.2, 0.25) is 5.88 Å². The number of aromatic nitrogens is 3. The lowest BCUT2D eigenvalue weighted by Crippen LogP contribution is -2.61. The van der Waals surface area contributed by atoms with Crippen LogP contribution >= 0.6 is 0 Å². The molecule has 3 aliphatic heterocycles. The molecule has 7 rings (SSSR count). The summed E-state index contributed by atoms with van der Waals surface area (Å²) < 4.78 is 32.1. The van der Waals surface area contributed by atoms with Gasteiger partial charge >= 0.3 is 0 Å². The standard InChI is InChI=1S/C26H30FN5O3.2C2H6/c1-33-22-5-3-20-23(32-22)18(19(27)15-29-20)6-7-26-10-8-25(9-11-26,16-35-26)30-14-17-2-4-21-24(31-17)28-12-13-34-21;2*1-2/h2-5,15,30H,6-14,16H2,1H3,(H,28,31);2*1-2H3. The summed E-state index contributed by atoms with van der Waals surface area (Å²) in [6.07, 6.45) is 6.58. The van der Waals surface area contributed by atoms with Crippen molar-refractivity contribution in [2.45, 2.75) is 83.9 Å². The minimum absolute atomic E-state index is 0.0349. The third kappa shape index (κ3) is 6.25. The smallest absolute Gasteiger partial charge is 0.213 e. The van der Waals surface area contributed by atoms with Crippen LogP contribution in [-0.4, -0.2) is 53.0 Å². The Labute approximate surface area is 231 Å². The first kappa shape index (κ1) is 29.0. The highest BCUT2D eigenvalue weighted by Crippen LogP contribution is 2.46. The first-order chi connectivity index (χ1) is 19.1. The average Bonchev–Trinajstić information content (AvgIpc) is 3.02. The normalized spacial score (nSPS) is 22.8. The molecule has 6 heterocycles. The predicted molar refractivity (Wildman–Crippen MR) is 152 cm³/mol. The number of methoxy groups -OCH3 is 1. The summed E-state index contributed by atoms with van der Waals surface area (Å²) in [4.78, 5) is 13.4. The molecular formula is C30H42FN5O3. The topological polar surface area (TPSA) is 90.4 Å². The molecule has 8 nitrogen and oxygen atoms in total. The van der Waals surface area contributed by atoms with Crippen molar-refractivity contribution in [2.24, 2.45) is 0 Å². The zero-order valence-corrected chi connectivity index (χ0v) is 23.9. The van der Waals surface area contributed by atoms with Gasteiger partial charge in [0.05, 0.1) is 48.8 Å². The van der Waals surface area contributed by atoms with Crippen molar-refractivity contribution in [2.75, 3.05) is 32.2 Å². The summed E-state index contributed by atoms with van der Waals surface area (Å²) >= 11 is 0. The Kier molecular flexibility index (Phi) is 9.56. The fraction of sp³-hybridized carbons (Fsp3) is 0.567.